The predicted molar refractivity (Wildman–Crippen MR) is 70.6 cm³/mol. The van der Waals surface area contributed by atoms with Gasteiger partial charge >= 0.3 is 0 Å². The molecule has 0 bridgehead atoms. The van der Waals surface area contributed by atoms with Gasteiger partial charge in [0.05, 0.1) is 9.72 Å². The minimum absolute atomic E-state index is 0.0619. The molecular formula is C13H7ClOS. The van der Waals surface area contributed by atoms with Gasteiger partial charge in [-0.2, -0.15) is 0 Å². The number of hydrogen-bond acceptors (Lipinski definition) is 2. The van der Waals surface area contributed by atoms with Crippen LogP contribution < -0.4 is 5.43 Å². The van der Waals surface area contributed by atoms with Gasteiger partial charge in [-0.25, -0.2) is 0 Å². The fourth-order valence-corrected chi connectivity index (χ4v) is 3.15. The maximum absolute atomic E-state index is 12.2. The molecule has 3 rings (SSSR count). The molecule has 0 aliphatic carbocycles. The maximum atomic E-state index is 12.2. The van der Waals surface area contributed by atoms with E-state index < -0.39 is 0 Å². The molecule has 3 heteroatoms. The first kappa shape index (κ1) is 9.82. The van der Waals surface area contributed by atoms with E-state index in [1.165, 1.54) is 0 Å². The van der Waals surface area contributed by atoms with Crippen molar-refractivity contribution in [2.45, 2.75) is 0 Å². The van der Waals surface area contributed by atoms with E-state index in [9.17, 15) is 4.79 Å². The summed E-state index contributed by atoms with van der Waals surface area (Å²) in [6.07, 6.45) is 0. The van der Waals surface area contributed by atoms with Crippen molar-refractivity contribution in [3.05, 3.63) is 57.7 Å². The number of hydrogen-bond donors (Lipinski definition) is 0. The Bertz CT molecular complexity index is 746. The molecule has 0 amide bonds. The lowest BCUT2D eigenvalue weighted by Crippen LogP contribution is -2.00. The first-order chi connectivity index (χ1) is 7.77. The molecule has 0 unspecified atom stereocenters. The van der Waals surface area contributed by atoms with Crippen LogP contribution in [0.2, 0.25) is 5.02 Å². The zero-order valence-electron chi connectivity index (χ0n) is 8.24. The second-order valence-corrected chi connectivity index (χ2v) is 5.00. The van der Waals surface area contributed by atoms with Crippen molar-refractivity contribution in [2.24, 2.45) is 0 Å². The summed E-state index contributed by atoms with van der Waals surface area (Å²) in [6, 6.07) is 13.1. The Hall–Kier alpha value is -1.38. The van der Waals surface area contributed by atoms with E-state index in [0.29, 0.717) is 10.4 Å². The van der Waals surface area contributed by atoms with E-state index in [-0.39, 0.29) is 5.43 Å². The summed E-state index contributed by atoms with van der Waals surface area (Å²) in [5.41, 5.74) is 0.0619. The third-order valence-corrected chi connectivity index (χ3v) is 4.20. The predicted octanol–water partition coefficient (Wildman–Crippen LogP) is 4.07. The molecule has 0 aliphatic rings. The minimum atomic E-state index is 0.0619. The van der Waals surface area contributed by atoms with E-state index in [1.54, 1.807) is 11.3 Å². The fourth-order valence-electron chi connectivity index (χ4n) is 1.79. The highest BCUT2D eigenvalue weighted by Gasteiger charge is 2.07. The van der Waals surface area contributed by atoms with E-state index in [1.807, 2.05) is 42.5 Å². The first-order valence-corrected chi connectivity index (χ1v) is 6.07. The molecule has 3 aromatic rings. The van der Waals surface area contributed by atoms with Crippen LogP contribution in [-0.2, 0) is 0 Å². The summed E-state index contributed by atoms with van der Waals surface area (Å²) in [7, 11) is 0. The summed E-state index contributed by atoms with van der Waals surface area (Å²) >= 11 is 7.66. The minimum Gasteiger partial charge on any atom is -0.289 e. The number of fused-ring (bicyclic) bond motifs is 2. The lowest BCUT2D eigenvalue weighted by Gasteiger charge is -2.01. The molecule has 0 spiro atoms. The van der Waals surface area contributed by atoms with Crippen LogP contribution in [0.4, 0.5) is 0 Å². The molecule has 2 aromatic carbocycles. The van der Waals surface area contributed by atoms with Crippen LogP contribution in [0, 0.1) is 0 Å². The summed E-state index contributed by atoms with van der Waals surface area (Å²) in [5.74, 6) is 0. The highest BCUT2D eigenvalue weighted by atomic mass is 35.5. The average molecular weight is 247 g/mol. The Morgan fingerprint density at radius 2 is 1.69 bits per heavy atom. The van der Waals surface area contributed by atoms with Gasteiger partial charge in [-0.3, -0.25) is 4.79 Å². The second-order valence-electron chi connectivity index (χ2n) is 3.54. The molecule has 0 N–H and O–H groups in total. The van der Waals surface area contributed by atoms with Crippen molar-refractivity contribution in [2.75, 3.05) is 0 Å². The molecule has 0 fully saturated rings. The van der Waals surface area contributed by atoms with Crippen molar-refractivity contribution in [3.8, 4) is 0 Å². The molecule has 1 aromatic heterocycles. The molecule has 16 heavy (non-hydrogen) atoms. The van der Waals surface area contributed by atoms with Gasteiger partial charge < -0.3 is 0 Å². The van der Waals surface area contributed by atoms with Gasteiger partial charge in [0.1, 0.15) is 0 Å². The standard InChI is InChI=1S/C13H7ClOS/c14-10-6-3-5-9-12(15)8-4-1-2-7-11(8)16-13(9)10/h1-7H. The van der Waals surface area contributed by atoms with Gasteiger partial charge in [0.15, 0.2) is 5.43 Å². The quantitative estimate of drug-likeness (QED) is 0.547. The van der Waals surface area contributed by atoms with Gasteiger partial charge in [-0.15, -0.1) is 11.3 Å². The lowest BCUT2D eigenvalue weighted by molar-refractivity contribution is 1.75. The lowest BCUT2D eigenvalue weighted by atomic mass is 10.2. The zero-order valence-corrected chi connectivity index (χ0v) is 9.81. The van der Waals surface area contributed by atoms with Crippen molar-refractivity contribution in [1.82, 2.24) is 0 Å². The molecule has 1 nitrogen and oxygen atoms in total. The number of benzene rings is 2. The van der Waals surface area contributed by atoms with E-state index in [4.69, 9.17) is 11.6 Å². The molecule has 1 heterocycles. The molecule has 0 aliphatic heterocycles. The fraction of sp³-hybridized carbons (Fsp3) is 0. The molecule has 0 saturated heterocycles. The molecule has 78 valence electrons. The van der Waals surface area contributed by atoms with Crippen LogP contribution in [-0.4, -0.2) is 0 Å². The van der Waals surface area contributed by atoms with Gasteiger partial charge in [0.25, 0.3) is 0 Å². The van der Waals surface area contributed by atoms with Crippen LogP contribution in [0.3, 0.4) is 0 Å². The first-order valence-electron chi connectivity index (χ1n) is 4.87. The summed E-state index contributed by atoms with van der Waals surface area (Å²) < 4.78 is 1.85. The topological polar surface area (TPSA) is 17.1 Å². The van der Waals surface area contributed by atoms with Crippen LogP contribution in [0.5, 0.6) is 0 Å². The van der Waals surface area contributed by atoms with E-state index in [0.717, 1.165) is 14.8 Å². The molecule has 0 radical (unpaired) electrons. The smallest absolute Gasteiger partial charge is 0.195 e. The van der Waals surface area contributed by atoms with Crippen LogP contribution >= 0.6 is 22.9 Å². The average Bonchev–Trinajstić information content (AvgIpc) is 2.31. The summed E-state index contributed by atoms with van der Waals surface area (Å²) in [4.78, 5) is 12.2. The van der Waals surface area contributed by atoms with E-state index in [2.05, 4.69) is 0 Å². The third kappa shape index (κ3) is 1.34. The number of rotatable bonds is 0. The van der Waals surface area contributed by atoms with Gasteiger partial charge in [-0.1, -0.05) is 29.8 Å². The highest BCUT2D eigenvalue weighted by Crippen LogP contribution is 2.29. The Morgan fingerprint density at radius 1 is 0.938 bits per heavy atom. The van der Waals surface area contributed by atoms with Crippen LogP contribution in [0.15, 0.2) is 47.3 Å². The monoisotopic (exact) mass is 246 g/mol. The van der Waals surface area contributed by atoms with Crippen molar-refractivity contribution >= 4 is 43.1 Å². The second kappa shape index (κ2) is 3.58. The number of halogens is 1. The SMILES string of the molecule is O=c1c2ccccc2sc2c(Cl)cccc12. The molecular weight excluding hydrogens is 240 g/mol. The summed E-state index contributed by atoms with van der Waals surface area (Å²) in [5, 5.41) is 2.11. The van der Waals surface area contributed by atoms with Crippen molar-refractivity contribution in [1.29, 1.82) is 0 Å². The van der Waals surface area contributed by atoms with Gasteiger partial charge in [0.2, 0.25) is 0 Å². The Morgan fingerprint density at radius 3 is 2.56 bits per heavy atom. The van der Waals surface area contributed by atoms with Crippen LogP contribution in [0.25, 0.3) is 20.2 Å². The maximum Gasteiger partial charge on any atom is 0.195 e. The zero-order chi connectivity index (χ0) is 11.1. The van der Waals surface area contributed by atoms with Crippen LogP contribution in [0.1, 0.15) is 0 Å². The Balaban J connectivity index is 2.67. The van der Waals surface area contributed by atoms with Gasteiger partial charge in [-0.05, 0) is 24.3 Å². The normalized spacial score (nSPS) is 11.1. The summed E-state index contributed by atoms with van der Waals surface area (Å²) in [6.45, 7) is 0. The van der Waals surface area contributed by atoms with Crippen molar-refractivity contribution in [3.63, 3.8) is 0 Å². The third-order valence-electron chi connectivity index (χ3n) is 2.56. The molecule has 0 saturated carbocycles. The van der Waals surface area contributed by atoms with Gasteiger partial charge in [0, 0.05) is 15.5 Å². The molecule has 0 atom stereocenters. The van der Waals surface area contributed by atoms with E-state index >= 15 is 0 Å². The van der Waals surface area contributed by atoms with Crippen molar-refractivity contribution < 1.29 is 0 Å². The highest BCUT2D eigenvalue weighted by molar-refractivity contribution is 7.25. The Kier molecular flexibility index (Phi) is 2.20. The Labute approximate surface area is 101 Å². The largest absolute Gasteiger partial charge is 0.289 e.